The molecule has 1 aromatic heterocycles. The van der Waals surface area contributed by atoms with Crippen molar-refractivity contribution in [1.29, 1.82) is 0 Å². The number of hydrogen-bond donors (Lipinski definition) is 0. The Morgan fingerprint density at radius 2 is 1.83 bits per heavy atom. The monoisotopic (exact) mass is 185 g/mol. The van der Waals surface area contributed by atoms with E-state index < -0.39 is 0 Å². The van der Waals surface area contributed by atoms with Crippen LogP contribution in [0, 0.1) is 0 Å². The normalized spacial score (nSPS) is 9.17. The van der Waals surface area contributed by atoms with E-state index in [0.29, 0.717) is 0 Å². The number of aromatic nitrogens is 1. The average molecular weight is 186 g/mol. The van der Waals surface area contributed by atoms with Crippen LogP contribution in [0.25, 0.3) is 0 Å². The van der Waals surface area contributed by atoms with Gasteiger partial charge in [-0.25, -0.2) is 4.57 Å². The lowest BCUT2D eigenvalue weighted by Gasteiger charge is -1.96. The van der Waals surface area contributed by atoms with E-state index in [0.717, 1.165) is 0 Å². The summed E-state index contributed by atoms with van der Waals surface area (Å²) in [4.78, 5) is 0. The van der Waals surface area contributed by atoms with Crippen LogP contribution in [0.4, 0.5) is 0 Å². The molecule has 0 amide bonds. The number of unbranched alkanes of at least 4 members (excludes halogenated alkanes) is 1. The molecule has 12 heavy (non-hydrogen) atoms. The second kappa shape index (κ2) is 6.01. The summed E-state index contributed by atoms with van der Waals surface area (Å²) >= 11 is 0. The highest BCUT2D eigenvalue weighted by molar-refractivity contribution is 5.06. The van der Waals surface area contributed by atoms with E-state index in [-0.39, 0.29) is 12.4 Å². The first-order valence-electron chi connectivity index (χ1n) is 4.27. The Morgan fingerprint density at radius 3 is 2.33 bits per heavy atom. The number of pyridine rings is 1. The summed E-state index contributed by atoms with van der Waals surface area (Å²) in [5.74, 6) is 0. The van der Waals surface area contributed by atoms with Gasteiger partial charge in [0.05, 0.1) is 0 Å². The Kier molecular flexibility index (Phi) is 5.73. The molecule has 1 nitrogen and oxygen atoms in total. The molecule has 1 aromatic rings. The van der Waals surface area contributed by atoms with Gasteiger partial charge in [-0.05, 0) is 18.4 Å². The lowest BCUT2D eigenvalue weighted by atomic mass is 10.1. The second-order valence-electron chi connectivity index (χ2n) is 2.98. The van der Waals surface area contributed by atoms with Crippen molar-refractivity contribution in [2.24, 2.45) is 7.05 Å². The zero-order valence-electron chi connectivity index (χ0n) is 7.76. The predicted molar refractivity (Wildman–Crippen MR) is 46.2 cm³/mol. The summed E-state index contributed by atoms with van der Waals surface area (Å²) < 4.78 is 2.06. The van der Waals surface area contributed by atoms with Gasteiger partial charge in [-0.3, -0.25) is 0 Å². The summed E-state index contributed by atoms with van der Waals surface area (Å²) in [5.41, 5.74) is 1.45. The molecule has 2 heteroatoms. The van der Waals surface area contributed by atoms with Crippen molar-refractivity contribution in [3.05, 3.63) is 30.1 Å². The van der Waals surface area contributed by atoms with Gasteiger partial charge in [0.2, 0.25) is 0 Å². The molecule has 0 spiro atoms. The van der Waals surface area contributed by atoms with E-state index in [1.807, 2.05) is 7.05 Å². The summed E-state index contributed by atoms with van der Waals surface area (Å²) in [5, 5.41) is 0. The molecule has 0 radical (unpaired) electrons. The summed E-state index contributed by atoms with van der Waals surface area (Å²) in [6, 6.07) is 4.38. The van der Waals surface area contributed by atoms with E-state index in [1.165, 1.54) is 24.8 Å². The van der Waals surface area contributed by atoms with E-state index in [4.69, 9.17) is 0 Å². The van der Waals surface area contributed by atoms with Gasteiger partial charge in [0.1, 0.15) is 7.05 Å². The van der Waals surface area contributed by atoms with Gasteiger partial charge >= 0.3 is 0 Å². The van der Waals surface area contributed by atoms with Crippen molar-refractivity contribution in [2.75, 3.05) is 0 Å². The smallest absolute Gasteiger partial charge is 0.168 e. The Morgan fingerprint density at radius 1 is 1.25 bits per heavy atom. The van der Waals surface area contributed by atoms with Crippen LogP contribution in [-0.4, -0.2) is 0 Å². The van der Waals surface area contributed by atoms with Crippen molar-refractivity contribution < 1.29 is 17.0 Å². The predicted octanol–water partition coefficient (Wildman–Crippen LogP) is -1.14. The Balaban J connectivity index is 0.00000121. The van der Waals surface area contributed by atoms with E-state index in [1.54, 1.807) is 0 Å². The third-order valence-electron chi connectivity index (χ3n) is 1.87. The molecule has 0 bridgehead atoms. The van der Waals surface area contributed by atoms with Crippen molar-refractivity contribution in [3.8, 4) is 0 Å². The molecular formula is C10H16ClN. The molecule has 0 unspecified atom stereocenters. The minimum Gasteiger partial charge on any atom is -1.00 e. The molecular weight excluding hydrogens is 170 g/mol. The van der Waals surface area contributed by atoms with Gasteiger partial charge in [-0.2, -0.15) is 0 Å². The van der Waals surface area contributed by atoms with E-state index >= 15 is 0 Å². The molecule has 0 fully saturated rings. The fraction of sp³-hybridized carbons (Fsp3) is 0.500. The molecule has 0 N–H and O–H groups in total. The van der Waals surface area contributed by atoms with Crippen LogP contribution in [0.15, 0.2) is 24.5 Å². The Bertz CT molecular complexity index is 206. The lowest BCUT2D eigenvalue weighted by Crippen LogP contribution is -3.00. The third kappa shape index (κ3) is 3.72. The highest BCUT2D eigenvalue weighted by Crippen LogP contribution is 2.01. The molecule has 1 heterocycles. The standard InChI is InChI=1S/C10H16N.ClH/c1-3-4-5-10-6-8-11(2)9-7-10;/h6-9H,3-5H2,1-2H3;1H/q+1;/p-1. The first-order valence-corrected chi connectivity index (χ1v) is 4.27. The third-order valence-corrected chi connectivity index (χ3v) is 1.87. The number of hydrogen-bond acceptors (Lipinski definition) is 0. The molecule has 1 rings (SSSR count). The van der Waals surface area contributed by atoms with Crippen LogP contribution in [-0.2, 0) is 13.5 Å². The molecule has 0 aromatic carbocycles. The van der Waals surface area contributed by atoms with Crippen LogP contribution in [0.5, 0.6) is 0 Å². The summed E-state index contributed by atoms with van der Waals surface area (Å²) in [6.45, 7) is 2.23. The van der Waals surface area contributed by atoms with E-state index in [9.17, 15) is 0 Å². The molecule has 0 aliphatic carbocycles. The fourth-order valence-electron chi connectivity index (χ4n) is 1.08. The molecule has 68 valence electrons. The van der Waals surface area contributed by atoms with Gasteiger partial charge in [0, 0.05) is 12.1 Å². The van der Waals surface area contributed by atoms with Crippen molar-refractivity contribution in [1.82, 2.24) is 0 Å². The number of aryl methyl sites for hydroxylation is 2. The van der Waals surface area contributed by atoms with Crippen LogP contribution < -0.4 is 17.0 Å². The number of nitrogens with zero attached hydrogens (tertiary/aromatic N) is 1. The second-order valence-corrected chi connectivity index (χ2v) is 2.98. The largest absolute Gasteiger partial charge is 1.00 e. The van der Waals surface area contributed by atoms with E-state index in [2.05, 4.69) is 36.0 Å². The van der Waals surface area contributed by atoms with Gasteiger partial charge in [0.25, 0.3) is 0 Å². The first-order chi connectivity index (χ1) is 5.33. The van der Waals surface area contributed by atoms with Crippen LogP contribution in [0.3, 0.4) is 0 Å². The molecule has 0 saturated heterocycles. The van der Waals surface area contributed by atoms with Gasteiger partial charge < -0.3 is 12.4 Å². The van der Waals surface area contributed by atoms with Crippen molar-refractivity contribution in [2.45, 2.75) is 26.2 Å². The molecule has 0 aliphatic rings. The minimum atomic E-state index is 0. The van der Waals surface area contributed by atoms with Crippen LogP contribution in [0.2, 0.25) is 0 Å². The van der Waals surface area contributed by atoms with Gasteiger partial charge in [-0.15, -0.1) is 0 Å². The molecule has 0 atom stereocenters. The SMILES string of the molecule is CCCCc1cc[n+](C)cc1.[Cl-]. The van der Waals surface area contributed by atoms with Crippen LogP contribution >= 0.6 is 0 Å². The molecule has 0 saturated carbocycles. The number of halogens is 1. The lowest BCUT2D eigenvalue weighted by molar-refractivity contribution is -0.671. The maximum atomic E-state index is 2.23. The maximum Gasteiger partial charge on any atom is 0.168 e. The highest BCUT2D eigenvalue weighted by atomic mass is 35.5. The summed E-state index contributed by atoms with van der Waals surface area (Å²) in [7, 11) is 2.05. The van der Waals surface area contributed by atoms with Gasteiger partial charge in [0.15, 0.2) is 12.4 Å². The quantitative estimate of drug-likeness (QED) is 0.525. The summed E-state index contributed by atoms with van der Waals surface area (Å²) in [6.07, 6.45) is 8.00. The van der Waals surface area contributed by atoms with Crippen molar-refractivity contribution >= 4 is 0 Å². The Labute approximate surface area is 80.8 Å². The molecule has 0 aliphatic heterocycles. The topological polar surface area (TPSA) is 3.88 Å². The zero-order chi connectivity index (χ0) is 8.10. The minimum absolute atomic E-state index is 0. The first kappa shape index (κ1) is 11.4. The van der Waals surface area contributed by atoms with Gasteiger partial charge in [-0.1, -0.05) is 13.3 Å². The number of rotatable bonds is 3. The highest BCUT2D eigenvalue weighted by Gasteiger charge is 1.93. The van der Waals surface area contributed by atoms with Crippen molar-refractivity contribution in [3.63, 3.8) is 0 Å². The van der Waals surface area contributed by atoms with Crippen LogP contribution in [0.1, 0.15) is 25.3 Å². The fourth-order valence-corrected chi connectivity index (χ4v) is 1.08. The Hall–Kier alpha value is -0.560. The maximum absolute atomic E-state index is 2.23. The zero-order valence-corrected chi connectivity index (χ0v) is 8.51. The average Bonchev–Trinajstić information content (AvgIpc) is 2.04.